The molecule has 3 rings (SSSR count). The summed E-state index contributed by atoms with van der Waals surface area (Å²) in [5.41, 5.74) is 0. The molecule has 7 heteroatoms. The van der Waals surface area contributed by atoms with Gasteiger partial charge < -0.3 is 5.32 Å². The molecule has 0 fully saturated rings. The standard InChI is InChI=1S/C16H14ClN3OS2/c17-12-3-5-13(6-4-12)23-11-16(21)19-15-7-8-18-20(15)10-14-2-1-9-22-14/h1-9H,10-11H2,(H,19,21). The van der Waals surface area contributed by atoms with Crippen molar-refractivity contribution in [2.24, 2.45) is 0 Å². The molecule has 0 aliphatic carbocycles. The second kappa shape index (κ2) is 7.68. The number of benzene rings is 1. The molecule has 23 heavy (non-hydrogen) atoms. The first-order chi connectivity index (χ1) is 11.2. The molecule has 2 aromatic heterocycles. The third-order valence-electron chi connectivity index (χ3n) is 3.05. The van der Waals surface area contributed by atoms with Crippen LogP contribution in [0.25, 0.3) is 0 Å². The molecule has 1 aromatic carbocycles. The molecule has 118 valence electrons. The van der Waals surface area contributed by atoms with Crippen molar-refractivity contribution in [3.63, 3.8) is 0 Å². The van der Waals surface area contributed by atoms with Crippen molar-refractivity contribution in [2.45, 2.75) is 11.4 Å². The second-order valence-corrected chi connectivity index (χ2v) is 7.26. The lowest BCUT2D eigenvalue weighted by atomic mass is 10.4. The average molecular weight is 364 g/mol. The number of thioether (sulfide) groups is 1. The summed E-state index contributed by atoms with van der Waals surface area (Å²) in [6.07, 6.45) is 1.69. The number of carbonyl (C=O) groups excluding carboxylic acids is 1. The number of amides is 1. The number of hydrogen-bond donors (Lipinski definition) is 1. The minimum Gasteiger partial charge on any atom is -0.310 e. The van der Waals surface area contributed by atoms with E-state index < -0.39 is 0 Å². The molecule has 0 atom stereocenters. The minimum absolute atomic E-state index is 0.0575. The predicted octanol–water partition coefficient (Wildman–Crippen LogP) is 4.38. The Balaban J connectivity index is 1.56. The smallest absolute Gasteiger partial charge is 0.235 e. The van der Waals surface area contributed by atoms with Crippen molar-refractivity contribution in [1.29, 1.82) is 0 Å². The normalized spacial score (nSPS) is 10.7. The highest BCUT2D eigenvalue weighted by molar-refractivity contribution is 8.00. The molecule has 1 N–H and O–H groups in total. The van der Waals surface area contributed by atoms with E-state index in [1.165, 1.54) is 16.6 Å². The lowest BCUT2D eigenvalue weighted by molar-refractivity contribution is -0.113. The Bertz CT molecular complexity index is 769. The third kappa shape index (κ3) is 4.60. The zero-order valence-electron chi connectivity index (χ0n) is 12.1. The van der Waals surface area contributed by atoms with Crippen LogP contribution in [-0.2, 0) is 11.3 Å². The molecule has 0 aliphatic rings. The number of carbonyl (C=O) groups is 1. The maximum absolute atomic E-state index is 12.1. The number of anilines is 1. The average Bonchev–Trinajstić information content (AvgIpc) is 3.20. The summed E-state index contributed by atoms with van der Waals surface area (Å²) >= 11 is 8.99. The maximum atomic E-state index is 12.1. The van der Waals surface area contributed by atoms with E-state index >= 15 is 0 Å². The Morgan fingerprint density at radius 1 is 1.26 bits per heavy atom. The maximum Gasteiger partial charge on any atom is 0.235 e. The first kappa shape index (κ1) is 16.1. The highest BCUT2D eigenvalue weighted by Gasteiger charge is 2.09. The monoisotopic (exact) mass is 363 g/mol. The molecule has 2 heterocycles. The Hall–Kier alpha value is -1.76. The summed E-state index contributed by atoms with van der Waals surface area (Å²) < 4.78 is 1.79. The number of nitrogens with one attached hydrogen (secondary N) is 1. The first-order valence-electron chi connectivity index (χ1n) is 6.93. The van der Waals surface area contributed by atoms with Crippen molar-refractivity contribution < 1.29 is 4.79 Å². The molecular formula is C16H14ClN3OS2. The predicted molar refractivity (Wildman–Crippen MR) is 96.5 cm³/mol. The van der Waals surface area contributed by atoms with E-state index in [1.807, 2.05) is 41.8 Å². The van der Waals surface area contributed by atoms with E-state index in [2.05, 4.69) is 10.4 Å². The number of rotatable bonds is 6. The van der Waals surface area contributed by atoms with Gasteiger partial charge in [-0.2, -0.15) is 5.10 Å². The van der Waals surface area contributed by atoms with Crippen LogP contribution in [0.1, 0.15) is 4.88 Å². The van der Waals surface area contributed by atoms with Gasteiger partial charge >= 0.3 is 0 Å². The van der Waals surface area contributed by atoms with Gasteiger partial charge in [-0.1, -0.05) is 17.7 Å². The van der Waals surface area contributed by atoms with Crippen molar-refractivity contribution in [1.82, 2.24) is 9.78 Å². The van der Waals surface area contributed by atoms with Gasteiger partial charge in [-0.3, -0.25) is 4.79 Å². The van der Waals surface area contributed by atoms with Crippen LogP contribution < -0.4 is 5.32 Å². The highest BCUT2D eigenvalue weighted by atomic mass is 35.5. The van der Waals surface area contributed by atoms with Gasteiger partial charge in [-0.25, -0.2) is 4.68 Å². The quantitative estimate of drug-likeness (QED) is 0.661. The molecule has 0 bridgehead atoms. The van der Waals surface area contributed by atoms with Crippen LogP contribution in [0.5, 0.6) is 0 Å². The van der Waals surface area contributed by atoms with Crippen molar-refractivity contribution in [2.75, 3.05) is 11.1 Å². The third-order valence-corrected chi connectivity index (χ3v) is 5.18. The van der Waals surface area contributed by atoms with Crippen molar-refractivity contribution in [3.8, 4) is 0 Å². The van der Waals surface area contributed by atoms with Gasteiger partial charge in [-0.05, 0) is 35.7 Å². The molecule has 0 saturated heterocycles. The van der Waals surface area contributed by atoms with E-state index in [4.69, 9.17) is 11.6 Å². The first-order valence-corrected chi connectivity index (χ1v) is 9.17. The minimum atomic E-state index is -0.0575. The summed E-state index contributed by atoms with van der Waals surface area (Å²) in [7, 11) is 0. The Morgan fingerprint density at radius 3 is 2.83 bits per heavy atom. The van der Waals surface area contributed by atoms with Gasteiger partial charge in [-0.15, -0.1) is 23.1 Å². The zero-order chi connectivity index (χ0) is 16.1. The molecule has 0 aliphatic heterocycles. The van der Waals surface area contributed by atoms with E-state index in [-0.39, 0.29) is 5.91 Å². The SMILES string of the molecule is O=C(CSc1ccc(Cl)cc1)Nc1ccnn1Cc1cccs1. The summed E-state index contributed by atoms with van der Waals surface area (Å²) in [4.78, 5) is 14.3. The summed E-state index contributed by atoms with van der Waals surface area (Å²) in [6.45, 7) is 0.657. The Labute approximate surface area is 147 Å². The summed E-state index contributed by atoms with van der Waals surface area (Å²) in [6, 6.07) is 13.3. The van der Waals surface area contributed by atoms with Crippen LogP contribution >= 0.6 is 34.7 Å². The number of nitrogens with zero attached hydrogens (tertiary/aromatic N) is 2. The zero-order valence-corrected chi connectivity index (χ0v) is 14.5. The van der Waals surface area contributed by atoms with Gasteiger partial charge in [0.1, 0.15) is 5.82 Å². The fraction of sp³-hybridized carbons (Fsp3) is 0.125. The lowest BCUT2D eigenvalue weighted by Gasteiger charge is -2.08. The van der Waals surface area contributed by atoms with Crippen LogP contribution in [0, 0.1) is 0 Å². The molecule has 0 spiro atoms. The fourth-order valence-corrected chi connectivity index (χ4v) is 3.48. The van der Waals surface area contributed by atoms with Crippen molar-refractivity contribution in [3.05, 3.63) is 63.9 Å². The number of hydrogen-bond acceptors (Lipinski definition) is 4. The molecule has 0 unspecified atom stereocenters. The number of halogens is 1. The van der Waals surface area contributed by atoms with Crippen LogP contribution in [0.3, 0.4) is 0 Å². The van der Waals surface area contributed by atoms with Gasteiger partial charge in [0, 0.05) is 20.9 Å². The van der Waals surface area contributed by atoms with Crippen LogP contribution in [-0.4, -0.2) is 21.4 Å². The summed E-state index contributed by atoms with van der Waals surface area (Å²) in [5, 5.41) is 9.88. The molecular weight excluding hydrogens is 350 g/mol. The largest absolute Gasteiger partial charge is 0.310 e. The van der Waals surface area contributed by atoms with E-state index in [0.717, 1.165) is 4.90 Å². The molecule has 4 nitrogen and oxygen atoms in total. The molecule has 3 aromatic rings. The van der Waals surface area contributed by atoms with E-state index in [9.17, 15) is 4.79 Å². The van der Waals surface area contributed by atoms with Gasteiger partial charge in [0.05, 0.1) is 18.5 Å². The van der Waals surface area contributed by atoms with Gasteiger partial charge in [0.25, 0.3) is 0 Å². The van der Waals surface area contributed by atoms with Gasteiger partial charge in [0.2, 0.25) is 5.91 Å². The fourth-order valence-electron chi connectivity index (χ4n) is 1.97. The van der Waals surface area contributed by atoms with E-state index in [0.29, 0.717) is 23.1 Å². The van der Waals surface area contributed by atoms with Crippen LogP contribution in [0.4, 0.5) is 5.82 Å². The Morgan fingerprint density at radius 2 is 2.09 bits per heavy atom. The van der Waals surface area contributed by atoms with E-state index in [1.54, 1.807) is 28.3 Å². The van der Waals surface area contributed by atoms with Crippen molar-refractivity contribution >= 4 is 46.4 Å². The number of thiophene rings is 1. The number of aromatic nitrogens is 2. The highest BCUT2D eigenvalue weighted by Crippen LogP contribution is 2.21. The van der Waals surface area contributed by atoms with Crippen LogP contribution in [0.2, 0.25) is 5.02 Å². The molecule has 0 radical (unpaired) electrons. The molecule has 0 saturated carbocycles. The summed E-state index contributed by atoms with van der Waals surface area (Å²) in [5.74, 6) is 0.990. The Kier molecular flexibility index (Phi) is 5.38. The second-order valence-electron chi connectivity index (χ2n) is 4.74. The van der Waals surface area contributed by atoms with Crippen LogP contribution in [0.15, 0.2) is 58.9 Å². The van der Waals surface area contributed by atoms with Gasteiger partial charge in [0.15, 0.2) is 0 Å². The lowest BCUT2D eigenvalue weighted by Crippen LogP contribution is -2.17. The molecule has 1 amide bonds. The topological polar surface area (TPSA) is 46.9 Å².